The van der Waals surface area contributed by atoms with Gasteiger partial charge in [-0.1, -0.05) is 12.1 Å². The van der Waals surface area contributed by atoms with Crippen LogP contribution in [0.2, 0.25) is 0 Å². The quantitative estimate of drug-likeness (QED) is 0.711. The minimum atomic E-state index is -0.506. The molecule has 1 aliphatic heterocycles. The zero-order valence-corrected chi connectivity index (χ0v) is 17.7. The fraction of sp³-hybridized carbons (Fsp3) is 0.333. The Morgan fingerprint density at radius 2 is 1.61 bits per heavy atom. The molecule has 0 radical (unpaired) electrons. The van der Waals surface area contributed by atoms with Crippen LogP contribution < -0.4 is 19.1 Å². The van der Waals surface area contributed by atoms with E-state index in [0.29, 0.717) is 53.3 Å². The number of hydrogen-bond donors (Lipinski definition) is 0. The van der Waals surface area contributed by atoms with Crippen molar-refractivity contribution in [3.8, 4) is 17.2 Å². The molecule has 2 aromatic carbocycles. The van der Waals surface area contributed by atoms with Gasteiger partial charge in [0.1, 0.15) is 11.6 Å². The van der Waals surface area contributed by atoms with E-state index in [2.05, 4.69) is 0 Å². The molecule has 1 unspecified atom stereocenters. The molecule has 1 amide bonds. The van der Waals surface area contributed by atoms with Crippen molar-refractivity contribution in [1.29, 1.82) is 0 Å². The second-order valence-corrected chi connectivity index (χ2v) is 7.52. The van der Waals surface area contributed by atoms with Gasteiger partial charge in [0, 0.05) is 41.7 Å². The number of benzene rings is 2. The molecule has 0 saturated carbocycles. The molecule has 162 valence electrons. The summed E-state index contributed by atoms with van der Waals surface area (Å²) in [4.78, 5) is 27.7. The zero-order chi connectivity index (χ0) is 22.1. The molecule has 0 fully saturated rings. The Kier molecular flexibility index (Phi) is 5.67. The first-order valence-electron chi connectivity index (χ1n) is 10.1. The number of amides is 1. The van der Waals surface area contributed by atoms with Gasteiger partial charge in [0.25, 0.3) is 0 Å². The summed E-state index contributed by atoms with van der Waals surface area (Å²) in [5.41, 5.74) is 1.95. The lowest BCUT2D eigenvalue weighted by Crippen LogP contribution is -2.41. The molecule has 0 N–H and O–H groups in total. The van der Waals surface area contributed by atoms with Gasteiger partial charge >= 0.3 is 0 Å². The van der Waals surface area contributed by atoms with Crippen molar-refractivity contribution in [2.24, 2.45) is 0 Å². The lowest BCUT2D eigenvalue weighted by atomic mass is 9.76. The summed E-state index contributed by atoms with van der Waals surface area (Å²) in [5.74, 6) is 0.170. The minimum Gasteiger partial charge on any atom is -0.496 e. The third kappa shape index (κ3) is 3.54. The average Bonchev–Trinajstić information content (AvgIpc) is 2.78. The summed E-state index contributed by atoms with van der Waals surface area (Å²) in [6.45, 7) is 0. The first-order chi connectivity index (χ1) is 15.0. The van der Waals surface area contributed by atoms with Gasteiger partial charge in [-0.3, -0.25) is 14.5 Å². The summed E-state index contributed by atoms with van der Waals surface area (Å²) in [6, 6.07) is 9.58. The summed E-state index contributed by atoms with van der Waals surface area (Å²) < 4.78 is 30.9. The fourth-order valence-electron chi connectivity index (χ4n) is 4.50. The summed E-state index contributed by atoms with van der Waals surface area (Å²) in [7, 11) is 4.58. The number of anilines is 1. The number of hydrogen-bond acceptors (Lipinski definition) is 5. The van der Waals surface area contributed by atoms with Crippen LogP contribution in [0.4, 0.5) is 10.1 Å². The number of para-hydroxylation sites is 1. The van der Waals surface area contributed by atoms with Gasteiger partial charge in [0.15, 0.2) is 17.3 Å². The molecule has 1 aliphatic carbocycles. The molecule has 4 rings (SSSR count). The van der Waals surface area contributed by atoms with Crippen molar-refractivity contribution in [2.75, 3.05) is 26.2 Å². The highest BCUT2D eigenvalue weighted by atomic mass is 19.1. The molecule has 31 heavy (non-hydrogen) atoms. The number of rotatable bonds is 5. The summed E-state index contributed by atoms with van der Waals surface area (Å²) in [5, 5.41) is 0. The van der Waals surface area contributed by atoms with Gasteiger partial charge < -0.3 is 14.2 Å². The molecule has 2 aliphatic rings. The number of ketones is 1. The molecule has 0 spiro atoms. The number of methoxy groups -OCH3 is 3. The molecule has 0 saturated heterocycles. The molecule has 7 heteroatoms. The van der Waals surface area contributed by atoms with Crippen LogP contribution in [0, 0.1) is 5.82 Å². The Balaban J connectivity index is 1.92. The number of ether oxygens (including phenoxy) is 3. The van der Waals surface area contributed by atoms with Crippen LogP contribution in [-0.4, -0.2) is 33.0 Å². The van der Waals surface area contributed by atoms with Gasteiger partial charge in [-0.2, -0.15) is 0 Å². The molecule has 2 aromatic rings. The number of Topliss-reactive ketones (excluding diaryl/α,β-unsaturated/α-hetero) is 1. The standard InChI is InChI=1S/C24H24FNO5/c1-29-20-13-22(31-3)21(30-2)11-14(20)15-12-23(28)26(17-8-5-4-7-16(17)25)18-9-6-10-19(27)24(15)18/h4-5,7-8,11,13,15H,6,9-10,12H2,1-3H3. The summed E-state index contributed by atoms with van der Waals surface area (Å²) >= 11 is 0. The van der Waals surface area contributed by atoms with Crippen molar-refractivity contribution in [3.63, 3.8) is 0 Å². The molecule has 1 heterocycles. The van der Waals surface area contributed by atoms with Crippen LogP contribution >= 0.6 is 0 Å². The van der Waals surface area contributed by atoms with Crippen LogP contribution in [0.25, 0.3) is 0 Å². The smallest absolute Gasteiger partial charge is 0.232 e. The average molecular weight is 425 g/mol. The molecular weight excluding hydrogens is 401 g/mol. The number of halogens is 1. The Morgan fingerprint density at radius 1 is 0.935 bits per heavy atom. The van der Waals surface area contributed by atoms with E-state index in [0.717, 1.165) is 0 Å². The molecule has 0 bridgehead atoms. The first-order valence-corrected chi connectivity index (χ1v) is 10.1. The van der Waals surface area contributed by atoms with Crippen molar-refractivity contribution < 1.29 is 28.2 Å². The van der Waals surface area contributed by atoms with Crippen LogP contribution in [0.15, 0.2) is 47.7 Å². The third-order valence-corrected chi connectivity index (χ3v) is 5.88. The normalized spacial score (nSPS) is 18.7. The predicted octanol–water partition coefficient (Wildman–Crippen LogP) is 4.38. The topological polar surface area (TPSA) is 65.1 Å². The van der Waals surface area contributed by atoms with Crippen LogP contribution in [0.3, 0.4) is 0 Å². The van der Waals surface area contributed by atoms with Gasteiger partial charge in [-0.15, -0.1) is 0 Å². The molecule has 6 nitrogen and oxygen atoms in total. The highest BCUT2D eigenvalue weighted by Crippen LogP contribution is 2.48. The van der Waals surface area contributed by atoms with Gasteiger partial charge in [-0.25, -0.2) is 4.39 Å². The Labute approximate surface area is 180 Å². The largest absolute Gasteiger partial charge is 0.496 e. The van der Waals surface area contributed by atoms with E-state index in [9.17, 15) is 14.0 Å². The lowest BCUT2D eigenvalue weighted by Gasteiger charge is -2.38. The van der Waals surface area contributed by atoms with E-state index in [1.807, 2.05) is 0 Å². The second kappa shape index (κ2) is 8.41. The van der Waals surface area contributed by atoms with E-state index in [-0.39, 0.29) is 23.8 Å². The fourth-order valence-corrected chi connectivity index (χ4v) is 4.50. The lowest BCUT2D eigenvalue weighted by molar-refractivity contribution is -0.120. The minimum absolute atomic E-state index is 0.0186. The maximum Gasteiger partial charge on any atom is 0.232 e. The van der Waals surface area contributed by atoms with E-state index in [1.165, 1.54) is 32.3 Å². The number of carbonyl (C=O) groups is 2. The monoisotopic (exact) mass is 425 g/mol. The molecule has 1 atom stereocenters. The van der Waals surface area contributed by atoms with E-state index < -0.39 is 11.7 Å². The maximum absolute atomic E-state index is 14.6. The second-order valence-electron chi connectivity index (χ2n) is 7.52. The van der Waals surface area contributed by atoms with Crippen LogP contribution in [0.5, 0.6) is 17.2 Å². The van der Waals surface area contributed by atoms with E-state index in [4.69, 9.17) is 14.2 Å². The molecular formula is C24H24FNO5. The van der Waals surface area contributed by atoms with Crippen molar-refractivity contribution in [2.45, 2.75) is 31.6 Å². The summed E-state index contributed by atoms with van der Waals surface area (Å²) in [6.07, 6.45) is 1.55. The maximum atomic E-state index is 14.6. The van der Waals surface area contributed by atoms with Crippen LogP contribution in [0.1, 0.15) is 37.2 Å². The van der Waals surface area contributed by atoms with Gasteiger partial charge in [0.2, 0.25) is 5.91 Å². The van der Waals surface area contributed by atoms with Crippen molar-refractivity contribution in [1.82, 2.24) is 0 Å². The van der Waals surface area contributed by atoms with Gasteiger partial charge in [0.05, 0.1) is 27.0 Å². The highest BCUT2D eigenvalue weighted by Gasteiger charge is 2.41. The van der Waals surface area contributed by atoms with E-state index in [1.54, 1.807) is 30.3 Å². The Hall–Kier alpha value is -3.35. The highest BCUT2D eigenvalue weighted by molar-refractivity contribution is 6.07. The number of carbonyl (C=O) groups excluding carboxylic acids is 2. The first kappa shape index (κ1) is 20.9. The van der Waals surface area contributed by atoms with Gasteiger partial charge in [-0.05, 0) is 31.0 Å². The zero-order valence-electron chi connectivity index (χ0n) is 17.7. The third-order valence-electron chi connectivity index (χ3n) is 5.88. The predicted molar refractivity (Wildman–Crippen MR) is 113 cm³/mol. The Bertz CT molecular complexity index is 1080. The Morgan fingerprint density at radius 3 is 2.29 bits per heavy atom. The SMILES string of the molecule is COc1cc(OC)c(C2CC(=O)N(c3ccccc3F)C3=C2C(=O)CCC3)cc1OC. The molecule has 0 aromatic heterocycles. The van der Waals surface area contributed by atoms with E-state index >= 15 is 0 Å². The van der Waals surface area contributed by atoms with Crippen molar-refractivity contribution in [3.05, 3.63) is 59.0 Å². The van der Waals surface area contributed by atoms with Crippen molar-refractivity contribution >= 4 is 17.4 Å². The van der Waals surface area contributed by atoms with Crippen LogP contribution in [-0.2, 0) is 9.59 Å². The number of nitrogens with zero attached hydrogens (tertiary/aromatic N) is 1. The number of allylic oxidation sites excluding steroid dienone is 2.